The number of thiocarbonyl (C=S) groups is 1. The minimum absolute atomic E-state index is 0.158. The van der Waals surface area contributed by atoms with E-state index in [4.69, 9.17) is 17.3 Å². The molecule has 80 valence electrons. The van der Waals surface area contributed by atoms with Gasteiger partial charge in [-0.3, -0.25) is 10.1 Å². The van der Waals surface area contributed by atoms with Crippen LogP contribution in [0.1, 0.15) is 0 Å². The summed E-state index contributed by atoms with van der Waals surface area (Å²) in [6.07, 6.45) is 0. The molecule has 0 aliphatic carbocycles. The van der Waals surface area contributed by atoms with Crippen molar-refractivity contribution in [2.75, 3.05) is 5.32 Å². The zero-order valence-corrected chi connectivity index (χ0v) is 8.73. The fourth-order valence-electron chi connectivity index (χ4n) is 0.908. The van der Waals surface area contributed by atoms with E-state index in [-0.39, 0.29) is 15.8 Å². The molecule has 0 fully saturated rings. The highest BCUT2D eigenvalue weighted by atomic mass is 35.5. The first kappa shape index (κ1) is 11.6. The monoisotopic (exact) mass is 249 g/mol. The molecule has 5 nitrogen and oxygen atoms in total. The molecule has 0 unspecified atom stereocenters. The first-order valence-corrected chi connectivity index (χ1v) is 4.40. The minimum Gasteiger partial charge on any atom is -0.376 e. The molecule has 1 aromatic rings. The number of halogens is 2. The van der Waals surface area contributed by atoms with Crippen LogP contribution in [0.2, 0.25) is 5.02 Å². The summed E-state index contributed by atoms with van der Waals surface area (Å²) in [6, 6.07) is 1.73. The van der Waals surface area contributed by atoms with Gasteiger partial charge in [-0.2, -0.15) is 0 Å². The van der Waals surface area contributed by atoms with Gasteiger partial charge in [-0.05, 0) is 12.2 Å². The zero-order chi connectivity index (χ0) is 11.6. The van der Waals surface area contributed by atoms with Gasteiger partial charge >= 0.3 is 0 Å². The molecule has 0 aromatic heterocycles. The van der Waals surface area contributed by atoms with Crippen molar-refractivity contribution >= 4 is 40.3 Å². The Bertz CT molecular complexity index is 417. The van der Waals surface area contributed by atoms with Crippen molar-refractivity contribution in [1.29, 1.82) is 0 Å². The Morgan fingerprint density at radius 1 is 1.67 bits per heavy atom. The summed E-state index contributed by atoms with van der Waals surface area (Å²) in [5.41, 5.74) is 4.51. The van der Waals surface area contributed by atoms with Crippen molar-refractivity contribution in [1.82, 2.24) is 0 Å². The van der Waals surface area contributed by atoms with E-state index < -0.39 is 16.4 Å². The summed E-state index contributed by atoms with van der Waals surface area (Å²) in [5.74, 6) is -0.887. The predicted octanol–water partition coefficient (Wildman–Crippen LogP) is 2.04. The van der Waals surface area contributed by atoms with Gasteiger partial charge < -0.3 is 11.1 Å². The molecule has 0 saturated heterocycles. The second-order valence-electron chi connectivity index (χ2n) is 2.53. The van der Waals surface area contributed by atoms with Crippen LogP contribution in [0, 0.1) is 15.9 Å². The molecule has 3 N–H and O–H groups in total. The lowest BCUT2D eigenvalue weighted by molar-refractivity contribution is -0.385. The van der Waals surface area contributed by atoms with Crippen LogP contribution in [0.4, 0.5) is 15.8 Å². The Balaban J connectivity index is 3.21. The number of nitro groups is 1. The molecule has 1 rings (SSSR count). The quantitative estimate of drug-likeness (QED) is 0.476. The van der Waals surface area contributed by atoms with Gasteiger partial charge in [-0.25, -0.2) is 4.39 Å². The number of nitrogens with zero attached hydrogens (tertiary/aromatic N) is 1. The van der Waals surface area contributed by atoms with Gasteiger partial charge in [0, 0.05) is 6.07 Å². The van der Waals surface area contributed by atoms with Crippen LogP contribution in [0.15, 0.2) is 12.1 Å². The number of hydrogen-bond donors (Lipinski definition) is 2. The van der Waals surface area contributed by atoms with Gasteiger partial charge in [-0.1, -0.05) is 11.6 Å². The Morgan fingerprint density at radius 3 is 2.67 bits per heavy atom. The van der Waals surface area contributed by atoms with Gasteiger partial charge in [-0.15, -0.1) is 0 Å². The van der Waals surface area contributed by atoms with Crippen molar-refractivity contribution in [2.24, 2.45) is 5.73 Å². The molecule has 0 saturated carbocycles. The van der Waals surface area contributed by atoms with Crippen LogP contribution in [0.3, 0.4) is 0 Å². The van der Waals surface area contributed by atoms with E-state index in [1.165, 1.54) is 0 Å². The van der Waals surface area contributed by atoms with E-state index in [1.807, 2.05) is 0 Å². The maximum atomic E-state index is 13.3. The van der Waals surface area contributed by atoms with E-state index >= 15 is 0 Å². The number of rotatable bonds is 2. The van der Waals surface area contributed by atoms with Crippen LogP contribution in [-0.2, 0) is 0 Å². The van der Waals surface area contributed by atoms with Gasteiger partial charge in [0.25, 0.3) is 5.69 Å². The molecule has 8 heteroatoms. The number of non-ortho nitro benzene ring substituents is 1. The van der Waals surface area contributed by atoms with Gasteiger partial charge in [0.2, 0.25) is 0 Å². The number of nitrogens with two attached hydrogens (primary N) is 1. The molecule has 0 spiro atoms. The number of benzene rings is 1. The van der Waals surface area contributed by atoms with Gasteiger partial charge in [0.1, 0.15) is 0 Å². The number of nitrogens with one attached hydrogen (secondary N) is 1. The maximum Gasteiger partial charge on any atom is 0.274 e. The van der Waals surface area contributed by atoms with Crippen LogP contribution in [0.25, 0.3) is 0 Å². The molecule has 1 aromatic carbocycles. The summed E-state index contributed by atoms with van der Waals surface area (Å²) < 4.78 is 13.3. The van der Waals surface area contributed by atoms with E-state index in [1.54, 1.807) is 0 Å². The molecular formula is C7H5ClFN3O2S. The summed E-state index contributed by atoms with van der Waals surface area (Å²) in [5, 5.41) is 12.3. The van der Waals surface area contributed by atoms with E-state index in [9.17, 15) is 14.5 Å². The van der Waals surface area contributed by atoms with Crippen LogP contribution in [0.5, 0.6) is 0 Å². The van der Waals surface area contributed by atoms with Crippen molar-refractivity contribution in [2.45, 2.75) is 0 Å². The summed E-state index contributed by atoms with van der Waals surface area (Å²) in [7, 11) is 0. The predicted molar refractivity (Wildman–Crippen MR) is 58.5 cm³/mol. The van der Waals surface area contributed by atoms with Gasteiger partial charge in [0.15, 0.2) is 10.9 Å². The van der Waals surface area contributed by atoms with E-state index in [0.29, 0.717) is 0 Å². The lowest BCUT2D eigenvalue weighted by Crippen LogP contribution is -2.20. The van der Waals surface area contributed by atoms with Crippen molar-refractivity contribution < 1.29 is 9.31 Å². The second kappa shape index (κ2) is 4.37. The summed E-state index contributed by atoms with van der Waals surface area (Å²) in [4.78, 5) is 9.60. The average Bonchev–Trinajstić information content (AvgIpc) is 2.10. The fraction of sp³-hybridized carbons (Fsp3) is 0. The number of hydrogen-bond acceptors (Lipinski definition) is 3. The summed E-state index contributed by atoms with van der Waals surface area (Å²) >= 11 is 10.1. The Hall–Kier alpha value is -1.47. The Morgan fingerprint density at radius 2 is 2.27 bits per heavy atom. The SMILES string of the molecule is NC(=S)Nc1c(F)cc([N+](=O)[O-])cc1Cl. The zero-order valence-electron chi connectivity index (χ0n) is 7.16. The van der Waals surface area contributed by atoms with E-state index in [2.05, 4.69) is 17.5 Å². The number of anilines is 1. The molecule has 0 heterocycles. The lowest BCUT2D eigenvalue weighted by atomic mass is 10.2. The molecule has 0 aliphatic rings. The lowest BCUT2D eigenvalue weighted by Gasteiger charge is -2.06. The Kier molecular flexibility index (Phi) is 3.38. The van der Waals surface area contributed by atoms with Crippen molar-refractivity contribution in [3.8, 4) is 0 Å². The third kappa shape index (κ3) is 2.74. The molecular weight excluding hydrogens is 245 g/mol. The van der Waals surface area contributed by atoms with Crippen LogP contribution >= 0.6 is 23.8 Å². The third-order valence-electron chi connectivity index (χ3n) is 1.49. The molecule has 15 heavy (non-hydrogen) atoms. The maximum absolute atomic E-state index is 13.3. The summed E-state index contributed by atoms with van der Waals surface area (Å²) in [6.45, 7) is 0. The van der Waals surface area contributed by atoms with E-state index in [0.717, 1.165) is 12.1 Å². The second-order valence-corrected chi connectivity index (χ2v) is 3.38. The normalized spacial score (nSPS) is 9.73. The number of nitro benzene ring substituents is 1. The fourth-order valence-corrected chi connectivity index (χ4v) is 1.26. The molecule has 0 aliphatic heterocycles. The topological polar surface area (TPSA) is 81.2 Å². The highest BCUT2D eigenvalue weighted by molar-refractivity contribution is 7.80. The van der Waals surface area contributed by atoms with Crippen molar-refractivity contribution in [3.05, 3.63) is 33.1 Å². The van der Waals surface area contributed by atoms with Crippen LogP contribution < -0.4 is 11.1 Å². The third-order valence-corrected chi connectivity index (χ3v) is 1.89. The smallest absolute Gasteiger partial charge is 0.274 e. The first-order valence-electron chi connectivity index (χ1n) is 3.61. The molecule has 0 atom stereocenters. The minimum atomic E-state index is -0.887. The van der Waals surface area contributed by atoms with Gasteiger partial charge in [0.05, 0.1) is 21.7 Å². The largest absolute Gasteiger partial charge is 0.376 e. The first-order chi connectivity index (χ1) is 6.91. The molecule has 0 radical (unpaired) electrons. The standard InChI is InChI=1S/C7H5ClFN3O2S/c8-4-1-3(12(13)14)2-5(9)6(4)11-7(10)15/h1-2H,(H3,10,11,15). The Labute approximate surface area is 94.2 Å². The average molecular weight is 250 g/mol. The molecule has 0 bridgehead atoms. The highest BCUT2D eigenvalue weighted by Gasteiger charge is 2.15. The van der Waals surface area contributed by atoms with Crippen molar-refractivity contribution in [3.63, 3.8) is 0 Å². The van der Waals surface area contributed by atoms with Crippen LogP contribution in [-0.4, -0.2) is 10.0 Å². The highest BCUT2D eigenvalue weighted by Crippen LogP contribution is 2.29. The molecule has 0 amide bonds.